The zero-order valence-electron chi connectivity index (χ0n) is 14.3. The van der Waals surface area contributed by atoms with E-state index in [9.17, 15) is 0 Å². The number of nitrogens with one attached hydrogen (secondary N) is 2. The molecule has 1 atom stereocenters. The molecule has 5 nitrogen and oxygen atoms in total. The predicted octanol–water partition coefficient (Wildman–Crippen LogP) is 3.01. The first-order chi connectivity index (χ1) is 11.1. The van der Waals surface area contributed by atoms with E-state index < -0.39 is 0 Å². The summed E-state index contributed by atoms with van der Waals surface area (Å²) in [5, 5.41) is 8.82. The fourth-order valence-electron chi connectivity index (χ4n) is 2.27. The van der Waals surface area contributed by atoms with Crippen molar-refractivity contribution in [2.75, 3.05) is 27.2 Å². The van der Waals surface area contributed by atoms with E-state index in [0.717, 1.165) is 24.8 Å². The van der Waals surface area contributed by atoms with Crippen LogP contribution in [0, 0.1) is 6.92 Å². The summed E-state index contributed by atoms with van der Waals surface area (Å²) in [5.41, 5.74) is 1.30. The van der Waals surface area contributed by atoms with E-state index in [1.165, 1.54) is 10.4 Å². The number of aryl methyl sites for hydroxylation is 1. The van der Waals surface area contributed by atoms with E-state index in [1.54, 1.807) is 17.6 Å². The lowest BCUT2D eigenvalue weighted by Gasteiger charge is -2.23. The van der Waals surface area contributed by atoms with Crippen LogP contribution in [0.4, 0.5) is 0 Å². The molecule has 0 aromatic carbocycles. The molecule has 0 aliphatic heterocycles. The van der Waals surface area contributed by atoms with Crippen molar-refractivity contribution >= 4 is 17.3 Å². The molecular formula is C17H26N4OS. The number of hydrogen-bond donors (Lipinski definition) is 2. The fraction of sp³-hybridized carbons (Fsp3) is 0.471. The molecule has 126 valence electrons. The molecule has 2 heterocycles. The Kier molecular flexibility index (Phi) is 6.67. The molecule has 1 unspecified atom stereocenters. The third kappa shape index (κ3) is 5.11. The molecule has 0 saturated heterocycles. The highest BCUT2D eigenvalue weighted by molar-refractivity contribution is 7.10. The molecule has 2 N–H and O–H groups in total. The second kappa shape index (κ2) is 8.74. The largest absolute Gasteiger partial charge is 0.468 e. The summed E-state index contributed by atoms with van der Waals surface area (Å²) in [4.78, 5) is 8.13. The smallest absolute Gasteiger partial charge is 0.191 e. The Morgan fingerprint density at radius 3 is 2.74 bits per heavy atom. The van der Waals surface area contributed by atoms with Gasteiger partial charge in [-0.3, -0.25) is 4.90 Å². The van der Waals surface area contributed by atoms with Crippen molar-refractivity contribution in [3.8, 4) is 0 Å². The minimum atomic E-state index is 0.164. The first-order valence-corrected chi connectivity index (χ1v) is 8.74. The summed E-state index contributed by atoms with van der Waals surface area (Å²) in [5.74, 6) is 1.78. The SMILES string of the molecule is CCNC(=NCc1sccc1C)NCC(c1ccco1)N(C)C. The monoisotopic (exact) mass is 334 g/mol. The maximum Gasteiger partial charge on any atom is 0.191 e. The Morgan fingerprint density at radius 1 is 1.35 bits per heavy atom. The minimum absolute atomic E-state index is 0.164. The predicted molar refractivity (Wildman–Crippen MR) is 97.0 cm³/mol. The Bertz CT molecular complexity index is 604. The topological polar surface area (TPSA) is 52.8 Å². The molecular weight excluding hydrogens is 308 g/mol. The molecule has 2 rings (SSSR count). The van der Waals surface area contributed by atoms with Gasteiger partial charge in [0.25, 0.3) is 0 Å². The second-order valence-corrected chi connectivity index (χ2v) is 6.60. The minimum Gasteiger partial charge on any atom is -0.468 e. The van der Waals surface area contributed by atoms with Crippen molar-refractivity contribution in [3.63, 3.8) is 0 Å². The van der Waals surface area contributed by atoms with Gasteiger partial charge in [-0.15, -0.1) is 11.3 Å². The highest BCUT2D eigenvalue weighted by atomic mass is 32.1. The highest BCUT2D eigenvalue weighted by Crippen LogP contribution is 2.18. The highest BCUT2D eigenvalue weighted by Gasteiger charge is 2.17. The maximum atomic E-state index is 5.54. The van der Waals surface area contributed by atoms with Crippen LogP contribution >= 0.6 is 11.3 Å². The molecule has 0 spiro atoms. The summed E-state index contributed by atoms with van der Waals surface area (Å²) >= 11 is 1.75. The van der Waals surface area contributed by atoms with Crippen LogP contribution in [0.15, 0.2) is 39.3 Å². The van der Waals surface area contributed by atoms with Gasteiger partial charge in [-0.2, -0.15) is 0 Å². The average Bonchev–Trinajstić information content (AvgIpc) is 3.16. The lowest BCUT2D eigenvalue weighted by atomic mass is 10.2. The maximum absolute atomic E-state index is 5.54. The lowest BCUT2D eigenvalue weighted by molar-refractivity contribution is 0.258. The van der Waals surface area contributed by atoms with E-state index in [4.69, 9.17) is 4.42 Å². The van der Waals surface area contributed by atoms with Gasteiger partial charge < -0.3 is 15.1 Å². The van der Waals surface area contributed by atoms with Gasteiger partial charge in [-0.25, -0.2) is 4.99 Å². The van der Waals surface area contributed by atoms with E-state index in [-0.39, 0.29) is 6.04 Å². The number of nitrogens with zero attached hydrogens (tertiary/aromatic N) is 2. The summed E-state index contributed by atoms with van der Waals surface area (Å²) in [7, 11) is 4.10. The van der Waals surface area contributed by atoms with Crippen molar-refractivity contribution in [2.45, 2.75) is 26.4 Å². The molecule has 6 heteroatoms. The number of guanidine groups is 1. The van der Waals surface area contributed by atoms with Crippen molar-refractivity contribution in [3.05, 3.63) is 46.0 Å². The quantitative estimate of drug-likeness (QED) is 0.604. The van der Waals surface area contributed by atoms with Crippen molar-refractivity contribution in [2.24, 2.45) is 4.99 Å². The van der Waals surface area contributed by atoms with Gasteiger partial charge in [0, 0.05) is 18.0 Å². The first kappa shape index (κ1) is 17.6. The number of furan rings is 1. The fourth-order valence-corrected chi connectivity index (χ4v) is 3.10. The van der Waals surface area contributed by atoms with Crippen LogP contribution in [-0.2, 0) is 6.54 Å². The third-order valence-corrected chi connectivity index (χ3v) is 4.66. The molecule has 0 amide bonds. The molecule has 0 saturated carbocycles. The van der Waals surface area contributed by atoms with Crippen LogP contribution in [0.25, 0.3) is 0 Å². The summed E-state index contributed by atoms with van der Waals surface area (Å²) < 4.78 is 5.54. The molecule has 0 aliphatic carbocycles. The normalized spacial score (nSPS) is 13.3. The number of hydrogen-bond acceptors (Lipinski definition) is 4. The van der Waals surface area contributed by atoms with Crippen molar-refractivity contribution in [1.29, 1.82) is 0 Å². The second-order valence-electron chi connectivity index (χ2n) is 5.60. The lowest BCUT2D eigenvalue weighted by Crippen LogP contribution is -2.41. The third-order valence-electron chi connectivity index (χ3n) is 3.65. The summed E-state index contributed by atoms with van der Waals surface area (Å²) in [6.07, 6.45) is 1.71. The molecule has 2 aromatic rings. The Hall–Kier alpha value is -1.79. The van der Waals surface area contributed by atoms with Gasteiger partial charge in [0.15, 0.2) is 5.96 Å². The molecule has 23 heavy (non-hydrogen) atoms. The van der Waals surface area contributed by atoms with Gasteiger partial charge in [0.2, 0.25) is 0 Å². The summed E-state index contributed by atoms with van der Waals surface area (Å²) in [6.45, 7) is 6.47. The molecule has 0 fully saturated rings. The Balaban J connectivity index is 1.99. The molecule has 2 aromatic heterocycles. The summed E-state index contributed by atoms with van der Waals surface area (Å²) in [6, 6.07) is 6.22. The zero-order valence-corrected chi connectivity index (χ0v) is 15.1. The average molecular weight is 334 g/mol. The number of thiophene rings is 1. The molecule has 0 bridgehead atoms. The zero-order chi connectivity index (χ0) is 16.7. The van der Waals surface area contributed by atoms with Crippen molar-refractivity contribution in [1.82, 2.24) is 15.5 Å². The van der Waals surface area contributed by atoms with E-state index >= 15 is 0 Å². The van der Waals surface area contributed by atoms with Crippen LogP contribution in [0.2, 0.25) is 0 Å². The van der Waals surface area contributed by atoms with Crippen LogP contribution in [0.3, 0.4) is 0 Å². The molecule has 0 radical (unpaired) electrons. The van der Waals surface area contributed by atoms with Gasteiger partial charge in [0.05, 0.1) is 18.8 Å². The van der Waals surface area contributed by atoms with Crippen LogP contribution < -0.4 is 10.6 Å². The first-order valence-electron chi connectivity index (χ1n) is 7.86. The van der Waals surface area contributed by atoms with Gasteiger partial charge >= 0.3 is 0 Å². The Morgan fingerprint density at radius 2 is 2.17 bits per heavy atom. The van der Waals surface area contributed by atoms with Crippen molar-refractivity contribution < 1.29 is 4.42 Å². The van der Waals surface area contributed by atoms with Gasteiger partial charge in [0.1, 0.15) is 5.76 Å². The number of rotatable bonds is 7. The number of aliphatic imine (C=N–C) groups is 1. The number of likely N-dealkylation sites (N-methyl/N-ethyl adjacent to an activating group) is 1. The van der Waals surface area contributed by atoms with Crippen LogP contribution in [-0.4, -0.2) is 38.0 Å². The van der Waals surface area contributed by atoms with E-state index in [0.29, 0.717) is 6.54 Å². The van der Waals surface area contributed by atoms with Crippen LogP contribution in [0.5, 0.6) is 0 Å². The standard InChI is InChI=1S/C17H26N4OS/c1-5-18-17(20-12-16-13(2)8-10-23-16)19-11-14(21(3)4)15-7-6-9-22-15/h6-10,14H,5,11-12H2,1-4H3,(H2,18,19,20). The van der Waals surface area contributed by atoms with Crippen LogP contribution in [0.1, 0.15) is 29.2 Å². The van der Waals surface area contributed by atoms with Gasteiger partial charge in [-0.1, -0.05) is 0 Å². The molecule has 0 aliphatic rings. The van der Waals surface area contributed by atoms with Gasteiger partial charge in [-0.05, 0) is 57.1 Å². The Labute approximate surface area is 142 Å². The van der Waals surface area contributed by atoms with E-state index in [1.807, 2.05) is 26.2 Å². The van der Waals surface area contributed by atoms with E-state index in [2.05, 4.69) is 45.8 Å².